The third-order valence-electron chi connectivity index (χ3n) is 5.47. The second-order valence-corrected chi connectivity index (χ2v) is 9.91. The first-order valence-electron chi connectivity index (χ1n) is 11.5. The van der Waals surface area contributed by atoms with Crippen LogP contribution in [0.1, 0.15) is 44.0 Å². The van der Waals surface area contributed by atoms with Crippen molar-refractivity contribution in [2.24, 2.45) is 0 Å². The normalized spacial score (nSPS) is 13.9. The van der Waals surface area contributed by atoms with E-state index in [1.165, 1.54) is 0 Å². The van der Waals surface area contributed by atoms with Gasteiger partial charge < -0.3 is 9.47 Å². The second-order valence-electron chi connectivity index (χ2n) is 9.47. The van der Waals surface area contributed by atoms with Crippen LogP contribution < -0.4 is 4.74 Å². The maximum atomic E-state index is 12.0. The molecule has 4 rings (SSSR count). The number of nitrogens with zero attached hydrogens (tertiary/aromatic N) is 3. The molecule has 0 unspecified atom stereocenters. The molecule has 2 aromatic carbocycles. The molecule has 1 aliphatic rings. The average molecular weight is 480 g/mol. The van der Waals surface area contributed by atoms with Gasteiger partial charge in [-0.05, 0) is 62.7 Å². The number of carbonyl (C=O) groups excluding carboxylic acids is 1. The molecule has 3 aromatic rings. The van der Waals surface area contributed by atoms with Crippen molar-refractivity contribution < 1.29 is 14.3 Å². The Labute approximate surface area is 205 Å². The van der Waals surface area contributed by atoms with E-state index < -0.39 is 5.60 Å². The molecule has 7 heteroatoms. The molecule has 1 aromatic heterocycles. The Hall–Kier alpha value is -2.96. The van der Waals surface area contributed by atoms with Crippen molar-refractivity contribution in [1.82, 2.24) is 14.9 Å². The van der Waals surface area contributed by atoms with Gasteiger partial charge >= 0.3 is 5.97 Å². The fourth-order valence-electron chi connectivity index (χ4n) is 3.84. The van der Waals surface area contributed by atoms with Gasteiger partial charge in [0.2, 0.25) is 0 Å². The van der Waals surface area contributed by atoms with Crippen LogP contribution >= 0.6 is 11.6 Å². The summed E-state index contributed by atoms with van der Waals surface area (Å²) < 4.78 is 11.3. The van der Waals surface area contributed by atoms with Gasteiger partial charge in [0.05, 0.1) is 12.1 Å². The average Bonchev–Trinajstić information content (AvgIpc) is 2.80. The van der Waals surface area contributed by atoms with Crippen LogP contribution in [0, 0.1) is 0 Å². The third-order valence-corrected chi connectivity index (χ3v) is 5.71. The quantitative estimate of drug-likeness (QED) is 0.419. The van der Waals surface area contributed by atoms with E-state index in [1.807, 2.05) is 75.5 Å². The van der Waals surface area contributed by atoms with Crippen LogP contribution in [0.4, 0.5) is 0 Å². The minimum Gasteiger partial charge on any atom is -0.489 e. The SMILES string of the molecule is CC(C)(C)OC(=O)CCN1CCc2nc(-c3ccc(OCc4cccc(Cl)c4)cc3)ncc2C1. The minimum absolute atomic E-state index is 0.162. The smallest absolute Gasteiger partial charge is 0.307 e. The second kappa shape index (κ2) is 10.5. The Morgan fingerprint density at radius 1 is 1.15 bits per heavy atom. The van der Waals surface area contributed by atoms with Crippen molar-refractivity contribution in [1.29, 1.82) is 0 Å². The highest BCUT2D eigenvalue weighted by Crippen LogP contribution is 2.24. The van der Waals surface area contributed by atoms with Crippen molar-refractivity contribution in [2.75, 3.05) is 13.1 Å². The lowest BCUT2D eigenvalue weighted by Crippen LogP contribution is -2.34. The largest absolute Gasteiger partial charge is 0.489 e. The van der Waals surface area contributed by atoms with Crippen molar-refractivity contribution in [3.05, 3.63) is 76.6 Å². The number of aromatic nitrogens is 2. The molecule has 0 bridgehead atoms. The Balaban J connectivity index is 1.33. The van der Waals surface area contributed by atoms with Crippen LogP contribution in [0.2, 0.25) is 5.02 Å². The zero-order valence-corrected chi connectivity index (χ0v) is 20.6. The molecule has 0 atom stereocenters. The van der Waals surface area contributed by atoms with Crippen molar-refractivity contribution in [3.8, 4) is 17.1 Å². The Morgan fingerprint density at radius 2 is 1.94 bits per heavy atom. The summed E-state index contributed by atoms with van der Waals surface area (Å²) in [5.74, 6) is 1.33. The molecule has 0 spiro atoms. The first kappa shape index (κ1) is 24.2. The fraction of sp³-hybridized carbons (Fsp3) is 0.370. The third kappa shape index (κ3) is 6.78. The standard InChI is InChI=1S/C27H30ClN3O3/c1-27(2,3)34-25(32)12-14-31-13-11-24-21(17-31)16-29-26(30-24)20-7-9-23(10-8-20)33-18-19-5-4-6-22(28)15-19/h4-10,15-16H,11-14,17-18H2,1-3H3. The van der Waals surface area contributed by atoms with Crippen LogP contribution in [-0.2, 0) is 29.1 Å². The van der Waals surface area contributed by atoms with Crippen LogP contribution in [0.25, 0.3) is 11.4 Å². The minimum atomic E-state index is -0.448. The molecule has 0 amide bonds. The van der Waals surface area contributed by atoms with Crippen molar-refractivity contribution in [2.45, 2.75) is 52.4 Å². The van der Waals surface area contributed by atoms with E-state index in [2.05, 4.69) is 9.88 Å². The summed E-state index contributed by atoms with van der Waals surface area (Å²) in [6, 6.07) is 15.5. The van der Waals surface area contributed by atoms with E-state index in [1.54, 1.807) is 0 Å². The molecule has 0 saturated heterocycles. The predicted octanol–water partition coefficient (Wildman–Crippen LogP) is 5.47. The summed E-state index contributed by atoms with van der Waals surface area (Å²) in [6.45, 7) is 8.40. The van der Waals surface area contributed by atoms with Crippen LogP contribution in [0.3, 0.4) is 0 Å². The van der Waals surface area contributed by atoms with E-state index in [-0.39, 0.29) is 5.97 Å². The molecular weight excluding hydrogens is 450 g/mol. The summed E-state index contributed by atoms with van der Waals surface area (Å²) in [5, 5.41) is 0.701. The van der Waals surface area contributed by atoms with E-state index in [9.17, 15) is 4.79 Å². The van der Waals surface area contributed by atoms with Crippen molar-refractivity contribution in [3.63, 3.8) is 0 Å². The van der Waals surface area contributed by atoms with Crippen molar-refractivity contribution >= 4 is 17.6 Å². The lowest BCUT2D eigenvalue weighted by molar-refractivity contribution is -0.155. The molecule has 1 aliphatic heterocycles. The van der Waals surface area contributed by atoms with Gasteiger partial charge in [-0.15, -0.1) is 0 Å². The molecule has 34 heavy (non-hydrogen) atoms. The van der Waals surface area contributed by atoms with Gasteiger partial charge in [0, 0.05) is 48.4 Å². The molecule has 0 aliphatic carbocycles. The van der Waals surface area contributed by atoms with Gasteiger partial charge in [-0.25, -0.2) is 9.97 Å². The van der Waals surface area contributed by atoms with E-state index in [0.29, 0.717) is 30.4 Å². The van der Waals surface area contributed by atoms with Gasteiger partial charge in [0.1, 0.15) is 18.0 Å². The van der Waals surface area contributed by atoms with Gasteiger partial charge in [-0.3, -0.25) is 9.69 Å². The zero-order valence-electron chi connectivity index (χ0n) is 19.9. The molecule has 178 valence electrons. The highest BCUT2D eigenvalue weighted by atomic mass is 35.5. The summed E-state index contributed by atoms with van der Waals surface area (Å²) in [4.78, 5) is 23.7. The number of esters is 1. The zero-order chi connectivity index (χ0) is 24.1. The van der Waals surface area contributed by atoms with E-state index in [0.717, 1.165) is 47.6 Å². The number of fused-ring (bicyclic) bond motifs is 1. The Kier molecular flexibility index (Phi) is 7.49. The lowest BCUT2D eigenvalue weighted by Gasteiger charge is -2.28. The first-order chi connectivity index (χ1) is 16.2. The fourth-order valence-corrected chi connectivity index (χ4v) is 4.05. The number of benzene rings is 2. The maximum Gasteiger partial charge on any atom is 0.307 e. The van der Waals surface area contributed by atoms with Crippen LogP contribution in [-0.4, -0.2) is 39.5 Å². The molecule has 6 nitrogen and oxygen atoms in total. The van der Waals surface area contributed by atoms with Gasteiger partial charge in [-0.1, -0.05) is 23.7 Å². The summed E-state index contributed by atoms with van der Waals surface area (Å²) in [5.41, 5.74) is 3.71. The van der Waals surface area contributed by atoms with Crippen LogP contribution in [0.5, 0.6) is 5.75 Å². The molecule has 0 radical (unpaired) electrons. The van der Waals surface area contributed by atoms with Gasteiger partial charge in [0.15, 0.2) is 5.82 Å². The topological polar surface area (TPSA) is 64.5 Å². The first-order valence-corrected chi connectivity index (χ1v) is 11.9. The highest BCUT2D eigenvalue weighted by Gasteiger charge is 2.21. The monoisotopic (exact) mass is 479 g/mol. The molecule has 0 saturated carbocycles. The van der Waals surface area contributed by atoms with Crippen LogP contribution in [0.15, 0.2) is 54.7 Å². The number of halogens is 1. The highest BCUT2D eigenvalue weighted by molar-refractivity contribution is 6.30. The summed E-state index contributed by atoms with van der Waals surface area (Å²) in [7, 11) is 0. The maximum absolute atomic E-state index is 12.0. The Bertz CT molecular complexity index is 1140. The summed E-state index contributed by atoms with van der Waals surface area (Å²) >= 11 is 6.03. The molecular formula is C27H30ClN3O3. The van der Waals surface area contributed by atoms with Gasteiger partial charge in [-0.2, -0.15) is 0 Å². The Morgan fingerprint density at radius 3 is 2.68 bits per heavy atom. The molecule has 0 N–H and O–H groups in total. The summed E-state index contributed by atoms with van der Waals surface area (Å²) in [6.07, 6.45) is 3.12. The number of ether oxygens (including phenoxy) is 2. The predicted molar refractivity (Wildman–Crippen MR) is 133 cm³/mol. The van der Waals surface area contributed by atoms with E-state index in [4.69, 9.17) is 26.1 Å². The molecule has 2 heterocycles. The van der Waals surface area contributed by atoms with Gasteiger partial charge in [0.25, 0.3) is 0 Å². The lowest BCUT2D eigenvalue weighted by atomic mass is 10.1. The van der Waals surface area contributed by atoms with E-state index >= 15 is 0 Å². The number of hydrogen-bond donors (Lipinski definition) is 0. The number of hydrogen-bond acceptors (Lipinski definition) is 6. The molecule has 0 fully saturated rings. The number of rotatable bonds is 7. The number of carbonyl (C=O) groups is 1.